The van der Waals surface area contributed by atoms with Crippen molar-refractivity contribution in [2.45, 2.75) is 23.3 Å². The number of amides is 1. The largest absolute Gasteiger partial charge is 0.381 e. The van der Waals surface area contributed by atoms with Crippen molar-refractivity contribution in [1.82, 2.24) is 10.3 Å². The number of nitrogens with zero attached hydrogens (tertiary/aromatic N) is 1. The van der Waals surface area contributed by atoms with Crippen molar-refractivity contribution in [1.29, 1.82) is 0 Å². The van der Waals surface area contributed by atoms with Gasteiger partial charge in [-0.15, -0.1) is 11.8 Å². The van der Waals surface area contributed by atoms with Crippen LogP contribution in [-0.4, -0.2) is 36.9 Å². The number of hydrogen-bond donors (Lipinski definition) is 1. The maximum atomic E-state index is 13.3. The van der Waals surface area contributed by atoms with E-state index in [0.717, 1.165) is 18.4 Å². The van der Waals surface area contributed by atoms with Crippen molar-refractivity contribution in [3.8, 4) is 0 Å². The summed E-state index contributed by atoms with van der Waals surface area (Å²) in [5, 5.41) is 3.77. The molecule has 4 nitrogen and oxygen atoms in total. The number of carbonyl (C=O) groups excluding carboxylic acids is 1. The average molecular weight is 360 g/mol. The third kappa shape index (κ3) is 4.02. The minimum atomic E-state index is -0.255. The van der Waals surface area contributed by atoms with Gasteiger partial charge in [-0.05, 0) is 48.9 Å². The van der Waals surface area contributed by atoms with Gasteiger partial charge in [0.05, 0.1) is 5.56 Å². The Morgan fingerprint density at radius 2 is 2.00 bits per heavy atom. The van der Waals surface area contributed by atoms with Gasteiger partial charge in [-0.1, -0.05) is 12.1 Å². The summed E-state index contributed by atoms with van der Waals surface area (Å²) in [5.41, 5.74) is 1.38. The van der Waals surface area contributed by atoms with E-state index in [4.69, 9.17) is 4.74 Å². The minimum Gasteiger partial charge on any atom is -0.381 e. The van der Waals surface area contributed by atoms with E-state index in [9.17, 15) is 9.18 Å². The molecule has 132 valence electrons. The molecule has 0 radical (unpaired) electrons. The number of pyridine rings is 1. The molecule has 0 spiro atoms. The lowest BCUT2D eigenvalue weighted by Gasteiger charge is -2.38. The molecule has 6 heteroatoms. The first-order valence-electron chi connectivity index (χ1n) is 8.26. The van der Waals surface area contributed by atoms with Crippen LogP contribution in [0.15, 0.2) is 47.6 Å². The Balaban J connectivity index is 1.79. The maximum Gasteiger partial charge on any atom is 0.254 e. The smallest absolute Gasteiger partial charge is 0.254 e. The van der Waals surface area contributed by atoms with Crippen molar-refractivity contribution in [3.05, 3.63) is 59.5 Å². The highest BCUT2D eigenvalue weighted by molar-refractivity contribution is 7.98. The van der Waals surface area contributed by atoms with Gasteiger partial charge in [0.25, 0.3) is 5.91 Å². The fourth-order valence-corrected chi connectivity index (χ4v) is 3.75. The van der Waals surface area contributed by atoms with Gasteiger partial charge in [-0.3, -0.25) is 4.79 Å². The molecule has 0 unspecified atom stereocenters. The highest BCUT2D eigenvalue weighted by Gasteiger charge is 2.35. The van der Waals surface area contributed by atoms with Crippen molar-refractivity contribution in [2.24, 2.45) is 0 Å². The fourth-order valence-electron chi connectivity index (χ4n) is 3.20. The van der Waals surface area contributed by atoms with Crippen molar-refractivity contribution in [3.63, 3.8) is 0 Å². The number of thioether (sulfide) groups is 1. The van der Waals surface area contributed by atoms with E-state index < -0.39 is 0 Å². The van der Waals surface area contributed by atoms with Gasteiger partial charge < -0.3 is 10.1 Å². The van der Waals surface area contributed by atoms with Crippen LogP contribution in [0.3, 0.4) is 0 Å². The highest BCUT2D eigenvalue weighted by atomic mass is 32.2. The zero-order chi connectivity index (χ0) is 17.7. The van der Waals surface area contributed by atoms with E-state index in [0.29, 0.717) is 30.3 Å². The SMILES string of the molecule is CSc1ncccc1C(=O)NCC1(c2ccc(F)cc2)CCOCC1. The summed E-state index contributed by atoms with van der Waals surface area (Å²) in [6.45, 7) is 1.76. The second kappa shape index (κ2) is 7.97. The highest BCUT2D eigenvalue weighted by Crippen LogP contribution is 2.34. The summed E-state index contributed by atoms with van der Waals surface area (Å²) in [6.07, 6.45) is 5.17. The Morgan fingerprint density at radius 1 is 1.28 bits per heavy atom. The summed E-state index contributed by atoms with van der Waals surface area (Å²) >= 11 is 1.45. The first kappa shape index (κ1) is 17.9. The molecule has 1 N–H and O–H groups in total. The molecule has 25 heavy (non-hydrogen) atoms. The van der Waals surface area contributed by atoms with Gasteiger partial charge in [0, 0.05) is 31.4 Å². The minimum absolute atomic E-state index is 0.134. The number of halogens is 1. The summed E-state index contributed by atoms with van der Waals surface area (Å²) < 4.78 is 18.8. The van der Waals surface area contributed by atoms with Crippen LogP contribution >= 0.6 is 11.8 Å². The van der Waals surface area contributed by atoms with Crippen LogP contribution in [-0.2, 0) is 10.2 Å². The molecule has 1 fully saturated rings. The maximum absolute atomic E-state index is 13.3. The lowest BCUT2D eigenvalue weighted by atomic mass is 9.74. The van der Waals surface area contributed by atoms with E-state index in [1.165, 1.54) is 23.9 Å². The standard InChI is InChI=1S/C19H21FN2O2S/c1-25-18-16(3-2-10-21-18)17(23)22-13-19(8-11-24-12-9-19)14-4-6-15(20)7-5-14/h2-7,10H,8-9,11-13H2,1H3,(H,22,23). The first-order chi connectivity index (χ1) is 12.1. The van der Waals surface area contributed by atoms with Crippen LogP contribution in [0.2, 0.25) is 0 Å². The van der Waals surface area contributed by atoms with E-state index in [-0.39, 0.29) is 17.1 Å². The van der Waals surface area contributed by atoms with Crippen LogP contribution in [0.5, 0.6) is 0 Å². The molecule has 0 bridgehead atoms. The Hall–Kier alpha value is -1.92. The molecular weight excluding hydrogens is 339 g/mol. The van der Waals surface area contributed by atoms with Gasteiger partial charge >= 0.3 is 0 Å². The topological polar surface area (TPSA) is 51.2 Å². The fraction of sp³-hybridized carbons (Fsp3) is 0.368. The Bertz CT molecular complexity index is 730. The number of rotatable bonds is 5. The number of ether oxygens (including phenoxy) is 1. The van der Waals surface area contributed by atoms with Gasteiger partial charge in [-0.2, -0.15) is 0 Å². The van der Waals surface area contributed by atoms with Crippen LogP contribution < -0.4 is 5.32 Å². The van der Waals surface area contributed by atoms with Crippen LogP contribution in [0.1, 0.15) is 28.8 Å². The molecule has 1 aliphatic rings. The zero-order valence-electron chi connectivity index (χ0n) is 14.1. The molecule has 3 rings (SSSR count). The normalized spacial score (nSPS) is 16.4. The second-order valence-electron chi connectivity index (χ2n) is 6.14. The van der Waals surface area contributed by atoms with Crippen LogP contribution in [0.25, 0.3) is 0 Å². The number of carbonyl (C=O) groups is 1. The van der Waals surface area contributed by atoms with Crippen molar-refractivity contribution in [2.75, 3.05) is 26.0 Å². The predicted octanol–water partition coefficient (Wildman–Crippen LogP) is 3.42. The predicted molar refractivity (Wildman–Crippen MR) is 96.5 cm³/mol. The Labute approximate surface area is 151 Å². The molecule has 1 aromatic carbocycles. The van der Waals surface area contributed by atoms with Crippen LogP contribution in [0, 0.1) is 5.82 Å². The van der Waals surface area contributed by atoms with E-state index in [1.54, 1.807) is 18.3 Å². The molecule has 1 amide bonds. The van der Waals surface area contributed by atoms with E-state index in [1.807, 2.05) is 18.4 Å². The summed E-state index contributed by atoms with van der Waals surface area (Å²) in [5.74, 6) is -0.389. The molecule has 1 aromatic heterocycles. The number of benzene rings is 1. The molecule has 1 saturated heterocycles. The summed E-state index contributed by atoms with van der Waals surface area (Å²) in [7, 11) is 0. The van der Waals surface area contributed by atoms with Gasteiger partial charge in [-0.25, -0.2) is 9.37 Å². The number of aromatic nitrogens is 1. The molecule has 1 aliphatic heterocycles. The van der Waals surface area contributed by atoms with Crippen molar-refractivity contribution >= 4 is 17.7 Å². The third-order valence-electron chi connectivity index (χ3n) is 4.70. The molecule has 2 heterocycles. The van der Waals surface area contributed by atoms with Gasteiger partial charge in [0.1, 0.15) is 10.8 Å². The second-order valence-corrected chi connectivity index (χ2v) is 6.94. The van der Waals surface area contributed by atoms with E-state index >= 15 is 0 Å². The molecule has 0 saturated carbocycles. The molecular formula is C19H21FN2O2S. The number of hydrogen-bond acceptors (Lipinski definition) is 4. The quantitative estimate of drug-likeness (QED) is 0.830. The van der Waals surface area contributed by atoms with Gasteiger partial charge in [0.15, 0.2) is 0 Å². The molecule has 0 aliphatic carbocycles. The average Bonchev–Trinajstić information content (AvgIpc) is 2.67. The van der Waals surface area contributed by atoms with E-state index in [2.05, 4.69) is 10.3 Å². The van der Waals surface area contributed by atoms with Gasteiger partial charge in [0.2, 0.25) is 0 Å². The molecule has 0 atom stereocenters. The number of nitrogens with one attached hydrogen (secondary N) is 1. The zero-order valence-corrected chi connectivity index (χ0v) is 14.9. The lowest BCUT2D eigenvalue weighted by molar-refractivity contribution is 0.0486. The van der Waals surface area contributed by atoms with Crippen molar-refractivity contribution < 1.29 is 13.9 Å². The third-order valence-corrected chi connectivity index (χ3v) is 5.41. The molecule has 2 aromatic rings. The lowest BCUT2D eigenvalue weighted by Crippen LogP contribution is -2.44. The summed E-state index contributed by atoms with van der Waals surface area (Å²) in [6, 6.07) is 10.1. The Kier molecular flexibility index (Phi) is 5.71. The Morgan fingerprint density at radius 3 is 2.68 bits per heavy atom. The van der Waals surface area contributed by atoms with Crippen LogP contribution in [0.4, 0.5) is 4.39 Å². The summed E-state index contributed by atoms with van der Waals surface area (Å²) in [4.78, 5) is 16.9. The first-order valence-corrected chi connectivity index (χ1v) is 9.48. The monoisotopic (exact) mass is 360 g/mol.